The second kappa shape index (κ2) is 11.7. The second-order valence-electron chi connectivity index (χ2n) is 7.66. The van der Waals surface area contributed by atoms with Crippen LogP contribution in [0.3, 0.4) is 0 Å². The highest BCUT2D eigenvalue weighted by molar-refractivity contribution is 7.98. The van der Waals surface area contributed by atoms with E-state index in [9.17, 15) is 32.3 Å². The number of thioether (sulfide) groups is 1. The van der Waals surface area contributed by atoms with Crippen molar-refractivity contribution in [2.45, 2.75) is 36.6 Å². The van der Waals surface area contributed by atoms with E-state index in [0.29, 0.717) is 0 Å². The minimum atomic E-state index is -3.96. The summed E-state index contributed by atoms with van der Waals surface area (Å²) in [5.74, 6) is -0.336. The molecule has 3 heterocycles. The Balaban J connectivity index is 0.000000169. The van der Waals surface area contributed by atoms with Crippen molar-refractivity contribution in [1.82, 2.24) is 9.99 Å². The van der Waals surface area contributed by atoms with Crippen molar-refractivity contribution in [2.24, 2.45) is 0 Å². The van der Waals surface area contributed by atoms with Crippen molar-refractivity contribution in [1.29, 1.82) is 0 Å². The molecule has 3 aromatic rings. The number of aromatic hydroxyl groups is 1. The van der Waals surface area contributed by atoms with Crippen LogP contribution in [-0.2, 0) is 12.2 Å². The Hall–Kier alpha value is -3.18. The number of nitrogens with one attached hydrogen (secondary N) is 2. The van der Waals surface area contributed by atoms with E-state index in [1.54, 1.807) is 17.8 Å². The third kappa shape index (κ3) is 6.94. The Morgan fingerprint density at radius 3 is 2.53 bits per heavy atom. The van der Waals surface area contributed by atoms with E-state index in [4.69, 9.17) is 11.6 Å². The Morgan fingerprint density at radius 1 is 1.11 bits per heavy atom. The van der Waals surface area contributed by atoms with Crippen molar-refractivity contribution in [3.05, 3.63) is 92.1 Å². The van der Waals surface area contributed by atoms with Gasteiger partial charge in [0.05, 0.1) is 0 Å². The van der Waals surface area contributed by atoms with E-state index >= 15 is 0 Å². The van der Waals surface area contributed by atoms with Gasteiger partial charge in [0.1, 0.15) is 12.5 Å². The van der Waals surface area contributed by atoms with Gasteiger partial charge in [0.2, 0.25) is 5.43 Å². The third-order valence-electron chi connectivity index (χ3n) is 5.16. The number of hydrogen-bond donors (Lipinski definition) is 3. The lowest BCUT2D eigenvalue weighted by molar-refractivity contribution is -0.130. The number of benzene rings is 2. The number of aromatic nitrogens is 1. The standard InChI is InChI=1S/C14H10ClFS.C7H7N3O3.C3H5F3/c15-12-5-4-9-6-10-2-1-3-13(16)14(10)17-8-11(9)7-12;11-4-1-2-10-5(6(4)12)7(13)8-3-9-10;1-2-3(4,5)6/h1-5,7H,6,8H2;1-2,9,12H,3H2,(H,8,13);2H2,1H3. The van der Waals surface area contributed by atoms with Crippen molar-refractivity contribution in [2.75, 3.05) is 12.1 Å². The Morgan fingerprint density at radius 2 is 1.83 bits per heavy atom. The van der Waals surface area contributed by atoms with E-state index in [2.05, 4.69) is 10.7 Å². The first-order valence-corrected chi connectivity index (χ1v) is 12.1. The van der Waals surface area contributed by atoms with Gasteiger partial charge in [0, 0.05) is 34.4 Å². The minimum absolute atomic E-state index is 0.0567. The number of nitrogens with zero attached hydrogens (tertiary/aromatic N) is 1. The maximum atomic E-state index is 13.7. The lowest BCUT2D eigenvalue weighted by Crippen LogP contribution is -2.42. The molecule has 0 unspecified atom stereocenters. The lowest BCUT2D eigenvalue weighted by Gasteiger charge is -2.21. The molecule has 2 aliphatic rings. The Bertz CT molecular complexity index is 1310. The fraction of sp³-hybridized carbons (Fsp3) is 0.250. The summed E-state index contributed by atoms with van der Waals surface area (Å²) in [6.07, 6.45) is -2.50. The van der Waals surface area contributed by atoms with Crippen molar-refractivity contribution >= 4 is 29.3 Å². The predicted octanol–water partition coefficient (Wildman–Crippen LogP) is 5.43. The number of carbonyl (C=O) groups excluding carboxylic acids is 1. The monoisotopic (exact) mass is 543 g/mol. The first-order valence-electron chi connectivity index (χ1n) is 10.7. The smallest absolute Gasteiger partial charge is 0.388 e. The van der Waals surface area contributed by atoms with Crippen molar-refractivity contribution in [3.8, 4) is 5.75 Å². The number of amides is 1. The molecule has 36 heavy (non-hydrogen) atoms. The van der Waals surface area contributed by atoms with Crippen LogP contribution in [0.4, 0.5) is 17.6 Å². The highest BCUT2D eigenvalue weighted by atomic mass is 35.5. The second-order valence-corrected chi connectivity index (χ2v) is 9.09. The summed E-state index contributed by atoms with van der Waals surface area (Å²) in [5.41, 5.74) is 5.64. The number of halogens is 5. The Kier molecular flexibility index (Phi) is 8.91. The number of pyridine rings is 1. The lowest BCUT2D eigenvalue weighted by atomic mass is 10.0. The molecule has 12 heteroatoms. The molecule has 1 amide bonds. The highest BCUT2D eigenvalue weighted by Crippen LogP contribution is 2.36. The molecule has 2 aliphatic heterocycles. The van der Waals surface area contributed by atoms with Gasteiger partial charge in [-0.2, -0.15) is 13.2 Å². The van der Waals surface area contributed by atoms with Gasteiger partial charge < -0.3 is 15.8 Å². The molecule has 0 spiro atoms. The zero-order valence-electron chi connectivity index (χ0n) is 19.0. The molecule has 0 saturated carbocycles. The number of rotatable bonds is 0. The largest absolute Gasteiger partial charge is 0.502 e. The van der Waals surface area contributed by atoms with Crippen molar-refractivity contribution < 1.29 is 27.5 Å². The molecule has 0 atom stereocenters. The minimum Gasteiger partial charge on any atom is -0.502 e. The molecular weight excluding hydrogens is 522 g/mol. The molecule has 0 saturated heterocycles. The number of alkyl halides is 3. The van der Waals surface area contributed by atoms with Crippen LogP contribution in [-0.4, -0.2) is 28.5 Å². The fourth-order valence-corrected chi connectivity index (χ4v) is 4.57. The average Bonchev–Trinajstić information content (AvgIpc) is 3.02. The SMILES string of the molecule is CCC(F)(F)F.Fc1cccc2c1SCc1cc(Cl)ccc1C2.O=C1NCNn2ccc(=O)c(O)c21. The fourth-order valence-electron chi connectivity index (χ4n) is 3.27. The molecule has 3 N–H and O–H groups in total. The van der Waals surface area contributed by atoms with Crippen LogP contribution in [0.25, 0.3) is 0 Å². The molecule has 192 valence electrons. The molecule has 0 bridgehead atoms. The van der Waals surface area contributed by atoms with Crippen LogP contribution in [0.5, 0.6) is 5.75 Å². The molecular formula is C24H22ClF4N3O3S. The average molecular weight is 544 g/mol. The summed E-state index contributed by atoms with van der Waals surface area (Å²) in [6, 6.07) is 12.4. The molecule has 2 aromatic carbocycles. The van der Waals surface area contributed by atoms with E-state index < -0.39 is 29.7 Å². The maximum Gasteiger partial charge on any atom is 0.388 e. The summed E-state index contributed by atoms with van der Waals surface area (Å²) in [4.78, 5) is 22.9. The molecule has 0 fully saturated rings. The zero-order chi connectivity index (χ0) is 26.5. The molecule has 1 aromatic heterocycles. The van der Waals surface area contributed by atoms with Crippen LogP contribution in [0, 0.1) is 5.82 Å². The number of fused-ring (bicyclic) bond motifs is 3. The Labute approximate surface area is 213 Å². The topological polar surface area (TPSA) is 83.4 Å². The summed E-state index contributed by atoms with van der Waals surface area (Å²) >= 11 is 7.54. The van der Waals surface area contributed by atoms with E-state index in [1.807, 2.05) is 24.3 Å². The molecule has 5 rings (SSSR count). The highest BCUT2D eigenvalue weighted by Gasteiger charge is 2.23. The normalized spacial score (nSPS) is 13.7. The molecule has 6 nitrogen and oxygen atoms in total. The van der Waals surface area contributed by atoms with Crippen LogP contribution >= 0.6 is 23.4 Å². The summed E-state index contributed by atoms with van der Waals surface area (Å²) in [6.45, 7) is 1.36. The van der Waals surface area contributed by atoms with Crippen LogP contribution in [0.2, 0.25) is 5.02 Å². The van der Waals surface area contributed by atoms with Crippen molar-refractivity contribution in [3.63, 3.8) is 0 Å². The maximum absolute atomic E-state index is 13.7. The predicted molar refractivity (Wildman–Crippen MR) is 131 cm³/mol. The summed E-state index contributed by atoms with van der Waals surface area (Å²) in [7, 11) is 0. The quantitative estimate of drug-likeness (QED) is 0.329. The van der Waals surface area contributed by atoms with Gasteiger partial charge in [-0.15, -0.1) is 11.8 Å². The van der Waals surface area contributed by atoms with Gasteiger partial charge in [-0.05, 0) is 41.3 Å². The first-order chi connectivity index (χ1) is 17.0. The van der Waals surface area contributed by atoms with Gasteiger partial charge in [-0.25, -0.2) is 4.39 Å². The van der Waals surface area contributed by atoms with Gasteiger partial charge in [0.15, 0.2) is 11.4 Å². The van der Waals surface area contributed by atoms with Gasteiger partial charge in [-0.1, -0.05) is 36.7 Å². The van der Waals surface area contributed by atoms with E-state index in [0.717, 1.165) is 34.6 Å². The zero-order valence-corrected chi connectivity index (χ0v) is 20.5. The van der Waals surface area contributed by atoms with Crippen LogP contribution in [0.15, 0.2) is 58.4 Å². The third-order valence-corrected chi connectivity index (χ3v) is 6.59. The van der Waals surface area contributed by atoms with E-state index in [1.165, 1.54) is 34.1 Å². The first kappa shape index (κ1) is 27.4. The molecule has 0 aliphatic carbocycles. The van der Waals surface area contributed by atoms with Gasteiger partial charge in [0.25, 0.3) is 5.91 Å². The van der Waals surface area contributed by atoms with E-state index in [-0.39, 0.29) is 18.2 Å². The molecule has 0 radical (unpaired) electrons. The summed E-state index contributed by atoms with van der Waals surface area (Å²) < 4.78 is 47.4. The summed E-state index contributed by atoms with van der Waals surface area (Å²) in [5, 5.41) is 12.5. The van der Waals surface area contributed by atoms with Crippen LogP contribution < -0.4 is 16.2 Å². The van der Waals surface area contributed by atoms with Crippen LogP contribution in [0.1, 0.15) is 40.5 Å². The number of carbonyl (C=O) groups is 1. The van der Waals surface area contributed by atoms with Gasteiger partial charge >= 0.3 is 6.18 Å². The van der Waals surface area contributed by atoms with Gasteiger partial charge in [-0.3, -0.25) is 14.3 Å². The number of hydrogen-bond acceptors (Lipinski definition) is 5.